The summed E-state index contributed by atoms with van der Waals surface area (Å²) in [6, 6.07) is 7.78. The van der Waals surface area contributed by atoms with Crippen LogP contribution in [0.4, 0.5) is 0 Å². The molecule has 1 aromatic carbocycles. The number of likely N-dealkylation sites (N-methyl/N-ethyl adjacent to an activating group) is 1. The molecule has 1 atom stereocenters. The first kappa shape index (κ1) is 18.2. The van der Waals surface area contributed by atoms with Crippen molar-refractivity contribution in [2.75, 3.05) is 7.05 Å². The molecule has 3 aromatic rings. The van der Waals surface area contributed by atoms with Gasteiger partial charge in [0.2, 0.25) is 5.91 Å². The minimum Gasteiger partial charge on any atom is -0.340 e. The molecule has 138 valence electrons. The smallest absolute Gasteiger partial charge is 0.245 e. The first-order valence-corrected chi connectivity index (χ1v) is 9.16. The summed E-state index contributed by atoms with van der Waals surface area (Å²) in [7, 11) is 3.78. The van der Waals surface area contributed by atoms with Gasteiger partial charge in [0.1, 0.15) is 11.9 Å². The number of nitrogens with zero attached hydrogens (tertiary/aromatic N) is 5. The maximum absolute atomic E-state index is 13.3. The maximum Gasteiger partial charge on any atom is 0.245 e. The molecule has 0 radical (unpaired) electrons. The molecule has 1 amide bonds. The molecular weight excluding hydrogens is 326 g/mol. The molecule has 0 fully saturated rings. The number of aromatic nitrogens is 4. The van der Waals surface area contributed by atoms with Crippen molar-refractivity contribution in [3.63, 3.8) is 0 Å². The van der Waals surface area contributed by atoms with Crippen molar-refractivity contribution in [1.29, 1.82) is 0 Å². The number of hydrogen-bond donors (Lipinski definition) is 0. The average Bonchev–Trinajstić information content (AvgIpc) is 3.17. The van der Waals surface area contributed by atoms with Crippen LogP contribution >= 0.6 is 0 Å². The second kappa shape index (κ2) is 7.32. The topological polar surface area (TPSA) is 56.0 Å². The molecule has 6 nitrogen and oxygen atoms in total. The molecule has 0 saturated heterocycles. The quantitative estimate of drug-likeness (QED) is 0.683. The van der Waals surface area contributed by atoms with Gasteiger partial charge in [0.05, 0.1) is 17.2 Å². The van der Waals surface area contributed by atoms with Crippen molar-refractivity contribution < 1.29 is 4.79 Å². The van der Waals surface area contributed by atoms with Gasteiger partial charge in [-0.05, 0) is 25.5 Å². The van der Waals surface area contributed by atoms with E-state index in [4.69, 9.17) is 4.98 Å². The lowest BCUT2D eigenvalue weighted by Gasteiger charge is -2.25. The Morgan fingerprint density at radius 1 is 1.27 bits per heavy atom. The Hall–Kier alpha value is -2.63. The highest BCUT2D eigenvalue weighted by atomic mass is 16.2. The van der Waals surface area contributed by atoms with Gasteiger partial charge >= 0.3 is 0 Å². The first-order valence-electron chi connectivity index (χ1n) is 9.16. The highest BCUT2D eigenvalue weighted by Crippen LogP contribution is 2.25. The number of rotatable bonds is 6. The molecule has 0 aliphatic carbocycles. The van der Waals surface area contributed by atoms with E-state index in [0.29, 0.717) is 6.54 Å². The standard InChI is InChI=1S/C20H27N5O/c1-6-17(20(26)23(4)13-15-12-21-24(5)14(15)3)25-18-11-9-8-10-16(18)22-19(25)7-2/h8-12,17H,6-7,13H2,1-5H3. The van der Waals surface area contributed by atoms with Crippen LogP contribution in [0.25, 0.3) is 11.0 Å². The van der Waals surface area contributed by atoms with E-state index in [-0.39, 0.29) is 11.9 Å². The number of hydrogen-bond acceptors (Lipinski definition) is 3. The van der Waals surface area contributed by atoms with Crippen LogP contribution in [0.1, 0.15) is 43.4 Å². The molecule has 2 aromatic heterocycles. The summed E-state index contributed by atoms with van der Waals surface area (Å²) in [5.41, 5.74) is 4.13. The Labute approximate surface area is 154 Å². The Balaban J connectivity index is 1.93. The molecule has 2 heterocycles. The lowest BCUT2D eigenvalue weighted by molar-refractivity contribution is -0.134. The summed E-state index contributed by atoms with van der Waals surface area (Å²) < 4.78 is 3.95. The van der Waals surface area contributed by atoms with Gasteiger partial charge in [-0.25, -0.2) is 4.98 Å². The Kier molecular flexibility index (Phi) is 5.11. The van der Waals surface area contributed by atoms with Gasteiger partial charge in [-0.3, -0.25) is 9.48 Å². The fraction of sp³-hybridized carbons (Fsp3) is 0.450. The van der Waals surface area contributed by atoms with Crippen LogP contribution in [0.5, 0.6) is 0 Å². The fourth-order valence-corrected chi connectivity index (χ4v) is 3.45. The second-order valence-corrected chi connectivity index (χ2v) is 6.74. The third-order valence-corrected chi connectivity index (χ3v) is 5.09. The lowest BCUT2D eigenvalue weighted by Crippen LogP contribution is -2.34. The van der Waals surface area contributed by atoms with Crippen LogP contribution in [-0.2, 0) is 24.8 Å². The van der Waals surface area contributed by atoms with Gasteiger partial charge in [0, 0.05) is 38.3 Å². The zero-order chi connectivity index (χ0) is 18.8. The number of carbonyl (C=O) groups is 1. The van der Waals surface area contributed by atoms with E-state index in [1.54, 1.807) is 4.90 Å². The number of amides is 1. The molecule has 1 unspecified atom stereocenters. The summed E-state index contributed by atoms with van der Waals surface area (Å²) in [6.07, 6.45) is 3.36. The maximum atomic E-state index is 13.3. The normalized spacial score (nSPS) is 12.5. The SMILES string of the molecule is CCc1nc2ccccc2n1C(CC)C(=O)N(C)Cc1cnn(C)c1C. The van der Waals surface area contributed by atoms with Crippen LogP contribution in [0, 0.1) is 6.92 Å². The van der Waals surface area contributed by atoms with Crippen molar-refractivity contribution in [3.8, 4) is 0 Å². The Bertz CT molecular complexity index is 924. The van der Waals surface area contributed by atoms with E-state index in [2.05, 4.69) is 23.5 Å². The zero-order valence-corrected chi connectivity index (χ0v) is 16.2. The number of fused-ring (bicyclic) bond motifs is 1. The van der Waals surface area contributed by atoms with Crippen LogP contribution in [0.3, 0.4) is 0 Å². The van der Waals surface area contributed by atoms with E-state index in [1.807, 2.05) is 56.2 Å². The third-order valence-electron chi connectivity index (χ3n) is 5.09. The minimum atomic E-state index is -0.251. The highest BCUT2D eigenvalue weighted by Gasteiger charge is 2.26. The van der Waals surface area contributed by atoms with Crippen molar-refractivity contribution in [3.05, 3.63) is 47.5 Å². The van der Waals surface area contributed by atoms with Crippen LogP contribution < -0.4 is 0 Å². The van der Waals surface area contributed by atoms with Gasteiger partial charge in [-0.1, -0.05) is 26.0 Å². The molecule has 0 aliphatic rings. The van der Waals surface area contributed by atoms with Crippen LogP contribution in [0.2, 0.25) is 0 Å². The number of imidazole rings is 1. The summed E-state index contributed by atoms with van der Waals surface area (Å²) >= 11 is 0. The molecule has 0 N–H and O–H groups in total. The second-order valence-electron chi connectivity index (χ2n) is 6.74. The molecule has 0 saturated carbocycles. The number of para-hydroxylation sites is 2. The summed E-state index contributed by atoms with van der Waals surface area (Å²) in [5, 5.41) is 4.28. The first-order chi connectivity index (χ1) is 12.5. The molecule has 26 heavy (non-hydrogen) atoms. The highest BCUT2D eigenvalue weighted by molar-refractivity contribution is 5.84. The van der Waals surface area contributed by atoms with E-state index in [0.717, 1.165) is 41.0 Å². The molecule has 0 spiro atoms. The minimum absolute atomic E-state index is 0.105. The van der Waals surface area contributed by atoms with Crippen molar-refractivity contribution in [2.45, 2.75) is 46.2 Å². The van der Waals surface area contributed by atoms with Gasteiger partial charge in [0.25, 0.3) is 0 Å². The predicted octanol–water partition coefficient (Wildman–Crippen LogP) is 3.25. The Morgan fingerprint density at radius 3 is 2.62 bits per heavy atom. The summed E-state index contributed by atoms with van der Waals surface area (Å²) in [5.74, 6) is 1.06. The van der Waals surface area contributed by atoms with Crippen LogP contribution in [-0.4, -0.2) is 37.2 Å². The van der Waals surface area contributed by atoms with Gasteiger partial charge in [0.15, 0.2) is 0 Å². The summed E-state index contributed by atoms with van der Waals surface area (Å²) in [6.45, 7) is 6.72. The largest absolute Gasteiger partial charge is 0.340 e. The van der Waals surface area contributed by atoms with E-state index in [1.165, 1.54) is 0 Å². The molecule has 0 bridgehead atoms. The molecule has 6 heteroatoms. The van der Waals surface area contributed by atoms with E-state index in [9.17, 15) is 4.79 Å². The monoisotopic (exact) mass is 353 g/mol. The van der Waals surface area contributed by atoms with E-state index >= 15 is 0 Å². The lowest BCUT2D eigenvalue weighted by atomic mass is 10.1. The molecular formula is C20H27N5O. The van der Waals surface area contributed by atoms with Crippen molar-refractivity contribution in [1.82, 2.24) is 24.2 Å². The van der Waals surface area contributed by atoms with Crippen molar-refractivity contribution in [2.24, 2.45) is 7.05 Å². The summed E-state index contributed by atoms with van der Waals surface area (Å²) in [4.78, 5) is 19.8. The zero-order valence-electron chi connectivity index (χ0n) is 16.2. The van der Waals surface area contributed by atoms with Gasteiger partial charge in [-0.2, -0.15) is 5.10 Å². The third kappa shape index (κ3) is 3.11. The Morgan fingerprint density at radius 2 is 2.00 bits per heavy atom. The number of benzene rings is 1. The van der Waals surface area contributed by atoms with Gasteiger partial charge in [-0.15, -0.1) is 0 Å². The molecule has 0 aliphatic heterocycles. The van der Waals surface area contributed by atoms with Crippen LogP contribution in [0.15, 0.2) is 30.5 Å². The van der Waals surface area contributed by atoms with E-state index < -0.39 is 0 Å². The predicted molar refractivity (Wildman–Crippen MR) is 103 cm³/mol. The average molecular weight is 353 g/mol. The van der Waals surface area contributed by atoms with Crippen molar-refractivity contribution >= 4 is 16.9 Å². The molecule has 3 rings (SSSR count). The fourth-order valence-electron chi connectivity index (χ4n) is 3.45. The number of aryl methyl sites for hydroxylation is 2. The van der Waals surface area contributed by atoms with Gasteiger partial charge < -0.3 is 9.47 Å². The number of carbonyl (C=O) groups excluding carboxylic acids is 1.